The molecule has 4 nitrogen and oxygen atoms in total. The first-order valence-electron chi connectivity index (χ1n) is 10.4. The van der Waals surface area contributed by atoms with Crippen molar-refractivity contribution >= 4 is 16.9 Å². The fourth-order valence-electron chi connectivity index (χ4n) is 3.34. The van der Waals surface area contributed by atoms with Gasteiger partial charge in [-0.25, -0.2) is 4.98 Å². The first-order chi connectivity index (χ1) is 13.6. The minimum Gasteiger partial charge on any atom is -0.355 e. The third-order valence-corrected chi connectivity index (χ3v) is 5.21. The zero-order valence-electron chi connectivity index (χ0n) is 18.5. The maximum Gasteiger partial charge on any atom is 0.225 e. The van der Waals surface area contributed by atoms with E-state index in [4.69, 9.17) is 4.98 Å². The predicted octanol–water partition coefficient (Wildman–Crippen LogP) is 5.09. The van der Waals surface area contributed by atoms with Crippen LogP contribution in [0.4, 0.5) is 0 Å². The SMILES string of the molecule is CC(C)(C)C(=O)NCCc1nc2ccccc2n1Cc1ccc(C(C)(C)C)cc1. The summed E-state index contributed by atoms with van der Waals surface area (Å²) >= 11 is 0. The molecule has 0 saturated heterocycles. The lowest BCUT2D eigenvalue weighted by Crippen LogP contribution is -2.36. The maximum absolute atomic E-state index is 12.2. The van der Waals surface area contributed by atoms with Crippen molar-refractivity contribution in [3.8, 4) is 0 Å². The third-order valence-electron chi connectivity index (χ3n) is 5.21. The number of imidazole rings is 1. The van der Waals surface area contributed by atoms with E-state index in [0.717, 1.165) is 23.4 Å². The van der Waals surface area contributed by atoms with E-state index in [-0.39, 0.29) is 16.7 Å². The number of carbonyl (C=O) groups excluding carboxylic acids is 1. The molecule has 0 saturated carbocycles. The van der Waals surface area contributed by atoms with Crippen molar-refractivity contribution in [1.82, 2.24) is 14.9 Å². The Bertz CT molecular complexity index is 986. The molecular formula is C25H33N3O. The van der Waals surface area contributed by atoms with Gasteiger partial charge in [0.1, 0.15) is 5.82 Å². The minimum atomic E-state index is -0.380. The van der Waals surface area contributed by atoms with Gasteiger partial charge in [0, 0.05) is 24.9 Å². The van der Waals surface area contributed by atoms with E-state index in [2.05, 4.69) is 61.0 Å². The molecule has 1 N–H and O–H groups in total. The summed E-state index contributed by atoms with van der Waals surface area (Å²) in [6.07, 6.45) is 0.705. The summed E-state index contributed by atoms with van der Waals surface area (Å²) in [7, 11) is 0. The van der Waals surface area contributed by atoms with Crippen molar-refractivity contribution in [2.24, 2.45) is 5.41 Å². The zero-order chi connectivity index (χ0) is 21.2. The Morgan fingerprint density at radius 2 is 1.62 bits per heavy atom. The second kappa shape index (κ2) is 8.02. The molecule has 29 heavy (non-hydrogen) atoms. The molecule has 0 bridgehead atoms. The number of nitrogens with one attached hydrogen (secondary N) is 1. The molecule has 0 aliphatic carbocycles. The van der Waals surface area contributed by atoms with Crippen molar-refractivity contribution in [2.75, 3.05) is 6.54 Å². The first-order valence-corrected chi connectivity index (χ1v) is 10.4. The molecule has 1 heterocycles. The van der Waals surface area contributed by atoms with E-state index in [9.17, 15) is 4.79 Å². The number of rotatable bonds is 5. The van der Waals surface area contributed by atoms with Crippen molar-refractivity contribution in [1.29, 1.82) is 0 Å². The van der Waals surface area contributed by atoms with Crippen LogP contribution in [0.15, 0.2) is 48.5 Å². The van der Waals surface area contributed by atoms with Crippen LogP contribution in [0.25, 0.3) is 11.0 Å². The predicted molar refractivity (Wildman–Crippen MR) is 120 cm³/mol. The molecule has 0 radical (unpaired) electrons. The van der Waals surface area contributed by atoms with E-state index in [1.165, 1.54) is 11.1 Å². The highest BCUT2D eigenvalue weighted by molar-refractivity contribution is 5.81. The van der Waals surface area contributed by atoms with E-state index < -0.39 is 0 Å². The Hall–Kier alpha value is -2.62. The van der Waals surface area contributed by atoms with Gasteiger partial charge in [0.25, 0.3) is 0 Å². The second-order valence-corrected chi connectivity index (χ2v) is 9.81. The van der Waals surface area contributed by atoms with Gasteiger partial charge in [-0.05, 0) is 28.7 Å². The number of hydrogen-bond acceptors (Lipinski definition) is 2. The highest BCUT2D eigenvalue weighted by atomic mass is 16.2. The normalized spacial score (nSPS) is 12.3. The van der Waals surface area contributed by atoms with Crippen LogP contribution in [0.1, 0.15) is 58.5 Å². The number of hydrogen-bond donors (Lipinski definition) is 1. The largest absolute Gasteiger partial charge is 0.355 e. The molecule has 0 fully saturated rings. The summed E-state index contributed by atoms with van der Waals surface area (Å²) in [6.45, 7) is 13.8. The molecule has 0 spiro atoms. The molecule has 154 valence electrons. The standard InChI is InChI=1S/C25H33N3O/c1-24(2,3)19-13-11-18(12-14-19)17-28-21-10-8-7-9-20(21)27-22(28)15-16-26-23(29)25(4,5)6/h7-14H,15-17H2,1-6H3,(H,26,29). The van der Waals surface area contributed by atoms with Gasteiger partial charge >= 0.3 is 0 Å². The summed E-state index contributed by atoms with van der Waals surface area (Å²) in [5, 5.41) is 3.04. The molecule has 0 aliphatic rings. The molecule has 3 rings (SSSR count). The van der Waals surface area contributed by atoms with Crippen LogP contribution < -0.4 is 5.32 Å². The summed E-state index contributed by atoms with van der Waals surface area (Å²) in [4.78, 5) is 17.0. The Morgan fingerprint density at radius 1 is 0.966 bits per heavy atom. The number of benzene rings is 2. The summed E-state index contributed by atoms with van der Waals surface area (Å²) in [6, 6.07) is 17.1. The molecule has 2 aromatic carbocycles. The number of nitrogens with zero attached hydrogens (tertiary/aromatic N) is 2. The highest BCUT2D eigenvalue weighted by Gasteiger charge is 2.21. The van der Waals surface area contributed by atoms with E-state index in [1.807, 2.05) is 39.0 Å². The van der Waals surface area contributed by atoms with Gasteiger partial charge in [0.2, 0.25) is 5.91 Å². The molecule has 3 aromatic rings. The van der Waals surface area contributed by atoms with Crippen LogP contribution in [0, 0.1) is 5.41 Å². The van der Waals surface area contributed by atoms with Gasteiger partial charge in [-0.1, -0.05) is 77.9 Å². The van der Waals surface area contributed by atoms with Crippen LogP contribution in [0.3, 0.4) is 0 Å². The zero-order valence-corrected chi connectivity index (χ0v) is 18.5. The molecule has 4 heteroatoms. The number of para-hydroxylation sites is 2. The van der Waals surface area contributed by atoms with Crippen molar-refractivity contribution in [3.63, 3.8) is 0 Å². The van der Waals surface area contributed by atoms with Crippen LogP contribution >= 0.6 is 0 Å². The van der Waals surface area contributed by atoms with E-state index in [1.54, 1.807) is 0 Å². The molecule has 0 aliphatic heterocycles. The molecule has 1 amide bonds. The van der Waals surface area contributed by atoms with Gasteiger partial charge in [0.05, 0.1) is 11.0 Å². The van der Waals surface area contributed by atoms with Gasteiger partial charge < -0.3 is 9.88 Å². The molecule has 0 unspecified atom stereocenters. The Balaban J connectivity index is 1.82. The fourth-order valence-corrected chi connectivity index (χ4v) is 3.34. The monoisotopic (exact) mass is 391 g/mol. The van der Waals surface area contributed by atoms with Gasteiger partial charge in [-0.15, -0.1) is 0 Å². The first kappa shape index (κ1) is 21.1. The Kier molecular flexibility index (Phi) is 5.83. The van der Waals surface area contributed by atoms with Crippen LogP contribution in [0.5, 0.6) is 0 Å². The van der Waals surface area contributed by atoms with Crippen LogP contribution in [-0.4, -0.2) is 22.0 Å². The van der Waals surface area contributed by atoms with Crippen molar-refractivity contribution < 1.29 is 4.79 Å². The minimum absolute atomic E-state index is 0.0675. The highest BCUT2D eigenvalue weighted by Crippen LogP contribution is 2.24. The lowest BCUT2D eigenvalue weighted by molar-refractivity contribution is -0.128. The van der Waals surface area contributed by atoms with Crippen molar-refractivity contribution in [3.05, 3.63) is 65.5 Å². The van der Waals surface area contributed by atoms with E-state index >= 15 is 0 Å². The lowest BCUT2D eigenvalue weighted by atomic mass is 9.87. The summed E-state index contributed by atoms with van der Waals surface area (Å²) in [5.41, 5.74) is 4.48. The quantitative estimate of drug-likeness (QED) is 0.659. The second-order valence-electron chi connectivity index (χ2n) is 9.81. The van der Waals surface area contributed by atoms with Crippen LogP contribution in [0.2, 0.25) is 0 Å². The van der Waals surface area contributed by atoms with Crippen molar-refractivity contribution in [2.45, 2.75) is 59.9 Å². The van der Waals surface area contributed by atoms with Gasteiger partial charge in [0.15, 0.2) is 0 Å². The van der Waals surface area contributed by atoms with E-state index in [0.29, 0.717) is 13.0 Å². The van der Waals surface area contributed by atoms with Crippen LogP contribution in [-0.2, 0) is 23.2 Å². The summed E-state index contributed by atoms with van der Waals surface area (Å²) < 4.78 is 2.27. The molecular weight excluding hydrogens is 358 g/mol. The average Bonchev–Trinajstić information content (AvgIpc) is 2.98. The third kappa shape index (κ3) is 5.06. The molecule has 0 atom stereocenters. The molecule has 1 aromatic heterocycles. The van der Waals surface area contributed by atoms with Gasteiger partial charge in [-0.3, -0.25) is 4.79 Å². The average molecular weight is 392 g/mol. The number of carbonyl (C=O) groups is 1. The maximum atomic E-state index is 12.2. The number of aromatic nitrogens is 2. The Labute approximate surface area is 174 Å². The number of amides is 1. The topological polar surface area (TPSA) is 46.9 Å². The van der Waals surface area contributed by atoms with Gasteiger partial charge in [-0.2, -0.15) is 0 Å². The fraction of sp³-hybridized carbons (Fsp3) is 0.440. The smallest absolute Gasteiger partial charge is 0.225 e. The lowest BCUT2D eigenvalue weighted by Gasteiger charge is -2.19. The number of fused-ring (bicyclic) bond motifs is 1. The Morgan fingerprint density at radius 3 is 2.24 bits per heavy atom. The summed E-state index contributed by atoms with van der Waals surface area (Å²) in [5.74, 6) is 1.07.